The number of benzene rings is 1. The number of aromatic nitrogens is 4. The van der Waals surface area contributed by atoms with Crippen LogP contribution in [0.4, 0.5) is 5.69 Å². The van der Waals surface area contributed by atoms with Gasteiger partial charge in [0, 0.05) is 26.3 Å². The predicted octanol–water partition coefficient (Wildman–Crippen LogP) is 1.67. The molecule has 0 fully saturated rings. The Hall–Kier alpha value is -2.63. The third-order valence-corrected chi connectivity index (χ3v) is 3.51. The van der Waals surface area contributed by atoms with Gasteiger partial charge in [-0.3, -0.25) is 9.36 Å². The van der Waals surface area contributed by atoms with E-state index in [2.05, 4.69) is 9.97 Å². The Labute approximate surface area is 122 Å². The molecular weight excluding hydrogens is 266 g/mol. The first-order valence-corrected chi connectivity index (χ1v) is 6.82. The molecule has 3 rings (SSSR count). The molecule has 0 amide bonds. The summed E-state index contributed by atoms with van der Waals surface area (Å²) < 4.78 is 3.38. The average Bonchev–Trinajstić information content (AvgIpc) is 2.92. The molecule has 2 heterocycles. The van der Waals surface area contributed by atoms with Crippen molar-refractivity contribution < 1.29 is 0 Å². The Bertz CT molecular complexity index is 829. The van der Waals surface area contributed by atoms with E-state index in [1.807, 2.05) is 54.8 Å². The Balaban J connectivity index is 2.12. The average molecular weight is 283 g/mol. The zero-order valence-electron chi connectivity index (χ0n) is 12.3. The van der Waals surface area contributed by atoms with Gasteiger partial charge in [-0.05, 0) is 31.2 Å². The molecule has 1 aromatic carbocycles. The Morgan fingerprint density at radius 1 is 1.10 bits per heavy atom. The van der Waals surface area contributed by atoms with Gasteiger partial charge >= 0.3 is 0 Å². The van der Waals surface area contributed by atoms with Gasteiger partial charge in [0.05, 0.1) is 12.0 Å². The zero-order valence-corrected chi connectivity index (χ0v) is 12.3. The lowest BCUT2D eigenvalue weighted by Gasteiger charge is -2.13. The number of rotatable bonds is 3. The summed E-state index contributed by atoms with van der Waals surface area (Å²) in [4.78, 5) is 23.1. The van der Waals surface area contributed by atoms with Gasteiger partial charge in [-0.25, -0.2) is 9.97 Å². The number of nitrogens with zero attached hydrogens (tertiary/aromatic N) is 5. The highest BCUT2D eigenvalue weighted by atomic mass is 16.1. The topological polar surface area (TPSA) is 56.0 Å². The zero-order chi connectivity index (χ0) is 15.0. The number of fused-ring (bicyclic) bond motifs is 1. The summed E-state index contributed by atoms with van der Waals surface area (Å²) in [5, 5.41) is 0. The quantitative estimate of drug-likeness (QED) is 0.733. The summed E-state index contributed by atoms with van der Waals surface area (Å²) in [5.74, 6) is 0. The number of hydrogen-bond acceptors (Lipinski definition) is 4. The molecule has 0 spiro atoms. The fraction of sp³-hybridized carbons (Fsp3) is 0.267. The van der Waals surface area contributed by atoms with E-state index in [9.17, 15) is 4.79 Å². The van der Waals surface area contributed by atoms with Crippen molar-refractivity contribution in [1.82, 2.24) is 19.1 Å². The number of hydrogen-bond donors (Lipinski definition) is 0. The summed E-state index contributed by atoms with van der Waals surface area (Å²) in [5.41, 5.74) is 2.74. The summed E-state index contributed by atoms with van der Waals surface area (Å²) in [6, 6.07) is 7.75. The van der Waals surface area contributed by atoms with Gasteiger partial charge in [-0.15, -0.1) is 0 Å². The summed E-state index contributed by atoms with van der Waals surface area (Å²) >= 11 is 0. The van der Waals surface area contributed by atoms with Crippen LogP contribution in [0.15, 0.2) is 41.7 Å². The van der Waals surface area contributed by atoms with E-state index < -0.39 is 0 Å². The van der Waals surface area contributed by atoms with E-state index in [0.29, 0.717) is 11.2 Å². The molecule has 6 nitrogen and oxygen atoms in total. The van der Waals surface area contributed by atoms with Crippen molar-refractivity contribution in [2.45, 2.75) is 13.5 Å². The molecule has 0 N–H and O–H groups in total. The lowest BCUT2D eigenvalue weighted by Crippen LogP contribution is -2.19. The maximum Gasteiger partial charge on any atom is 0.286 e. The molecule has 6 heteroatoms. The second kappa shape index (κ2) is 5.05. The maximum atomic E-state index is 12.5. The van der Waals surface area contributed by atoms with Gasteiger partial charge in [-0.2, -0.15) is 0 Å². The molecule has 0 aliphatic heterocycles. The molecule has 0 bridgehead atoms. The van der Waals surface area contributed by atoms with E-state index >= 15 is 0 Å². The van der Waals surface area contributed by atoms with Crippen molar-refractivity contribution in [3.63, 3.8) is 0 Å². The van der Waals surface area contributed by atoms with Gasteiger partial charge in [0.25, 0.3) is 5.56 Å². The minimum Gasteiger partial charge on any atom is -0.378 e. The molecule has 0 saturated heterocycles. The van der Waals surface area contributed by atoms with Crippen LogP contribution in [0, 0.1) is 0 Å². The van der Waals surface area contributed by atoms with Crippen LogP contribution in [0.1, 0.15) is 6.92 Å². The van der Waals surface area contributed by atoms with Crippen molar-refractivity contribution >= 4 is 16.9 Å². The highest BCUT2D eigenvalue weighted by molar-refractivity contribution is 5.69. The van der Waals surface area contributed by atoms with Crippen LogP contribution in [-0.4, -0.2) is 33.2 Å². The molecule has 3 aromatic rings. The van der Waals surface area contributed by atoms with Crippen molar-refractivity contribution in [2.24, 2.45) is 0 Å². The maximum absolute atomic E-state index is 12.5. The highest BCUT2D eigenvalue weighted by Crippen LogP contribution is 2.15. The van der Waals surface area contributed by atoms with Crippen molar-refractivity contribution in [3.05, 3.63) is 47.3 Å². The fourth-order valence-corrected chi connectivity index (χ4v) is 2.27. The molecule has 0 aliphatic carbocycles. The molecule has 2 aromatic heterocycles. The minimum atomic E-state index is -0.148. The molecule has 0 atom stereocenters. The second-order valence-corrected chi connectivity index (χ2v) is 5.03. The molecule has 0 aliphatic rings. The monoisotopic (exact) mass is 283 g/mol. The first-order chi connectivity index (χ1) is 10.1. The first-order valence-electron chi connectivity index (χ1n) is 6.82. The van der Waals surface area contributed by atoms with Crippen LogP contribution >= 0.6 is 0 Å². The molecule has 108 valence electrons. The second-order valence-electron chi connectivity index (χ2n) is 5.03. The number of imidazole rings is 1. The van der Waals surface area contributed by atoms with Gasteiger partial charge in [0.1, 0.15) is 6.33 Å². The van der Waals surface area contributed by atoms with Gasteiger partial charge in [0.2, 0.25) is 0 Å². The standard InChI is InChI=1S/C15H17N5O/c1-4-19-9-16-13-14(19)17-10-20(15(13)21)12-7-5-11(6-8-12)18(2)3/h5-10H,4H2,1-3H3. The van der Waals surface area contributed by atoms with Crippen LogP contribution in [0.25, 0.3) is 16.9 Å². The van der Waals surface area contributed by atoms with Crippen molar-refractivity contribution in [2.75, 3.05) is 19.0 Å². The van der Waals surface area contributed by atoms with Crippen molar-refractivity contribution in [3.8, 4) is 5.69 Å². The van der Waals surface area contributed by atoms with Crippen LogP contribution < -0.4 is 10.5 Å². The van der Waals surface area contributed by atoms with E-state index in [0.717, 1.165) is 17.9 Å². The SMILES string of the molecule is CCn1cnc2c(=O)n(-c3ccc(N(C)C)cc3)cnc21. The summed E-state index contributed by atoms with van der Waals surface area (Å²) in [6.07, 6.45) is 3.21. The number of anilines is 1. The Morgan fingerprint density at radius 2 is 1.81 bits per heavy atom. The molecular formula is C15H17N5O. The largest absolute Gasteiger partial charge is 0.378 e. The Kier molecular flexibility index (Phi) is 3.21. The Morgan fingerprint density at radius 3 is 2.43 bits per heavy atom. The third kappa shape index (κ3) is 2.18. The van der Waals surface area contributed by atoms with Gasteiger partial charge in [-0.1, -0.05) is 0 Å². The fourth-order valence-electron chi connectivity index (χ4n) is 2.27. The molecule has 21 heavy (non-hydrogen) atoms. The summed E-state index contributed by atoms with van der Waals surface area (Å²) in [7, 11) is 3.96. The third-order valence-electron chi connectivity index (χ3n) is 3.51. The molecule has 0 saturated carbocycles. The summed E-state index contributed by atoms with van der Waals surface area (Å²) in [6.45, 7) is 2.73. The van der Waals surface area contributed by atoms with Crippen LogP contribution in [0.2, 0.25) is 0 Å². The molecule has 0 radical (unpaired) electrons. The van der Waals surface area contributed by atoms with E-state index in [1.165, 1.54) is 4.57 Å². The normalized spacial score (nSPS) is 11.0. The molecule has 0 unspecified atom stereocenters. The van der Waals surface area contributed by atoms with Gasteiger partial charge < -0.3 is 9.47 Å². The van der Waals surface area contributed by atoms with Crippen LogP contribution in [0.5, 0.6) is 0 Å². The van der Waals surface area contributed by atoms with Crippen molar-refractivity contribution in [1.29, 1.82) is 0 Å². The smallest absolute Gasteiger partial charge is 0.286 e. The lowest BCUT2D eigenvalue weighted by atomic mass is 10.2. The number of aryl methyl sites for hydroxylation is 1. The highest BCUT2D eigenvalue weighted by Gasteiger charge is 2.10. The van der Waals surface area contributed by atoms with E-state index in [-0.39, 0.29) is 5.56 Å². The predicted molar refractivity (Wildman–Crippen MR) is 83.1 cm³/mol. The first kappa shape index (κ1) is 13.4. The van der Waals surface area contributed by atoms with E-state index in [4.69, 9.17) is 0 Å². The minimum absolute atomic E-state index is 0.148. The van der Waals surface area contributed by atoms with Crippen LogP contribution in [-0.2, 0) is 6.54 Å². The lowest BCUT2D eigenvalue weighted by molar-refractivity contribution is 0.775. The van der Waals surface area contributed by atoms with Gasteiger partial charge in [0.15, 0.2) is 11.2 Å². The van der Waals surface area contributed by atoms with E-state index in [1.54, 1.807) is 12.7 Å². The van der Waals surface area contributed by atoms with Crippen LogP contribution in [0.3, 0.4) is 0 Å².